The van der Waals surface area contributed by atoms with Crippen molar-refractivity contribution in [2.45, 2.75) is 24.3 Å². The summed E-state index contributed by atoms with van der Waals surface area (Å²) in [4.78, 5) is 13.2. The van der Waals surface area contributed by atoms with Crippen molar-refractivity contribution in [3.8, 4) is 11.4 Å². The number of aromatic nitrogens is 6. The number of thioether (sulfide) groups is 1. The molecule has 0 fully saturated rings. The monoisotopic (exact) mass is 428 g/mol. The molecule has 30 heavy (non-hydrogen) atoms. The van der Waals surface area contributed by atoms with Crippen molar-refractivity contribution in [2.75, 3.05) is 0 Å². The fourth-order valence-electron chi connectivity index (χ4n) is 3.24. The van der Waals surface area contributed by atoms with Gasteiger partial charge in [0.2, 0.25) is 5.16 Å². The first-order chi connectivity index (χ1) is 14.4. The lowest BCUT2D eigenvalue weighted by Gasteiger charge is -2.12. The van der Waals surface area contributed by atoms with Crippen LogP contribution in [0.5, 0.6) is 0 Å². The second-order valence-electron chi connectivity index (χ2n) is 6.71. The van der Waals surface area contributed by atoms with Crippen LogP contribution in [-0.2, 0) is 7.05 Å². The predicted molar refractivity (Wildman–Crippen MR) is 109 cm³/mol. The van der Waals surface area contributed by atoms with E-state index in [1.807, 2.05) is 30.3 Å². The lowest BCUT2D eigenvalue weighted by molar-refractivity contribution is 0.572. The zero-order chi connectivity index (χ0) is 21.4. The van der Waals surface area contributed by atoms with E-state index in [0.29, 0.717) is 27.8 Å². The van der Waals surface area contributed by atoms with Gasteiger partial charge in [0, 0.05) is 23.9 Å². The van der Waals surface area contributed by atoms with Crippen LogP contribution in [0.25, 0.3) is 11.4 Å². The molecule has 0 radical (unpaired) electrons. The van der Waals surface area contributed by atoms with Gasteiger partial charge >= 0.3 is 0 Å². The molecule has 1 atom stereocenters. The minimum absolute atomic E-state index is 0.282. The molecule has 4 aromatic rings. The van der Waals surface area contributed by atoms with Crippen LogP contribution in [0.1, 0.15) is 23.4 Å². The molecule has 0 bridgehead atoms. The average Bonchev–Trinajstić information content (AvgIpc) is 3.24. The Morgan fingerprint density at radius 2 is 1.83 bits per heavy atom. The first-order valence-electron chi connectivity index (χ1n) is 9.13. The summed E-state index contributed by atoms with van der Waals surface area (Å²) in [6.45, 7) is 3.56. The third-order valence-electron chi connectivity index (χ3n) is 4.86. The summed E-state index contributed by atoms with van der Waals surface area (Å²) in [6.07, 6.45) is 0. The van der Waals surface area contributed by atoms with Crippen molar-refractivity contribution < 1.29 is 8.78 Å². The Bertz CT molecular complexity index is 1260. The van der Waals surface area contributed by atoms with Crippen molar-refractivity contribution in [2.24, 2.45) is 7.05 Å². The Labute approximate surface area is 174 Å². The van der Waals surface area contributed by atoms with Crippen LogP contribution >= 0.6 is 11.8 Å². The lowest BCUT2D eigenvalue weighted by Crippen LogP contribution is -2.22. The van der Waals surface area contributed by atoms with Crippen LogP contribution in [0, 0.1) is 18.6 Å². The van der Waals surface area contributed by atoms with E-state index >= 15 is 0 Å². The van der Waals surface area contributed by atoms with Crippen molar-refractivity contribution in [3.63, 3.8) is 0 Å². The van der Waals surface area contributed by atoms with Crippen LogP contribution < -0.4 is 5.56 Å². The minimum Gasteiger partial charge on any atom is -0.283 e. The third kappa shape index (κ3) is 3.43. The number of benzene rings is 2. The summed E-state index contributed by atoms with van der Waals surface area (Å²) < 4.78 is 32.0. The van der Waals surface area contributed by atoms with E-state index in [1.165, 1.54) is 33.3 Å². The molecule has 0 aliphatic rings. The number of para-hydroxylation sites is 1. The smallest absolute Gasteiger partial charge is 0.283 e. The summed E-state index contributed by atoms with van der Waals surface area (Å²) in [7, 11) is 1.78. The van der Waals surface area contributed by atoms with Gasteiger partial charge in [-0.15, -0.1) is 5.10 Å². The van der Waals surface area contributed by atoms with Crippen molar-refractivity contribution >= 4 is 11.8 Å². The van der Waals surface area contributed by atoms with Crippen LogP contribution in [0.4, 0.5) is 8.78 Å². The van der Waals surface area contributed by atoms with Gasteiger partial charge in [-0.2, -0.15) is 4.68 Å². The topological polar surface area (TPSA) is 70.5 Å². The highest BCUT2D eigenvalue weighted by Crippen LogP contribution is 2.35. The van der Waals surface area contributed by atoms with Crippen molar-refractivity contribution in [1.29, 1.82) is 0 Å². The maximum absolute atomic E-state index is 14.2. The maximum atomic E-state index is 14.2. The summed E-state index contributed by atoms with van der Waals surface area (Å²) in [5.74, 6) is -1.28. The Morgan fingerprint density at radius 3 is 2.53 bits per heavy atom. The van der Waals surface area contributed by atoms with Crippen LogP contribution in [-0.4, -0.2) is 29.6 Å². The maximum Gasteiger partial charge on any atom is 0.297 e. The molecule has 10 heteroatoms. The zero-order valence-corrected chi connectivity index (χ0v) is 17.3. The fraction of sp³-hybridized carbons (Fsp3) is 0.200. The molecule has 0 spiro atoms. The Kier molecular flexibility index (Phi) is 5.25. The average molecular weight is 428 g/mol. The van der Waals surface area contributed by atoms with Gasteiger partial charge in [0.15, 0.2) is 5.69 Å². The molecule has 154 valence electrons. The normalized spacial score (nSPS) is 12.3. The quantitative estimate of drug-likeness (QED) is 0.455. The Hall–Kier alpha value is -3.27. The summed E-state index contributed by atoms with van der Waals surface area (Å²) in [6, 6.07) is 12.7. The van der Waals surface area contributed by atoms with E-state index in [9.17, 15) is 13.6 Å². The molecule has 0 aliphatic heterocycles. The van der Waals surface area contributed by atoms with Crippen LogP contribution in [0.15, 0.2) is 58.5 Å². The molecule has 0 saturated carbocycles. The third-order valence-corrected chi connectivity index (χ3v) is 5.93. The first kappa shape index (κ1) is 20.0. The summed E-state index contributed by atoms with van der Waals surface area (Å²) >= 11 is 1.18. The summed E-state index contributed by atoms with van der Waals surface area (Å²) in [5.41, 5.74) is 1.72. The zero-order valence-electron chi connectivity index (χ0n) is 16.5. The van der Waals surface area contributed by atoms with E-state index in [-0.39, 0.29) is 5.56 Å². The number of rotatable bonds is 5. The Balaban J connectivity index is 1.75. The molecule has 4 rings (SSSR count). The molecule has 0 N–H and O–H groups in total. The largest absolute Gasteiger partial charge is 0.297 e. The van der Waals surface area contributed by atoms with Gasteiger partial charge < -0.3 is 0 Å². The van der Waals surface area contributed by atoms with Gasteiger partial charge in [-0.25, -0.2) is 13.5 Å². The SMILES string of the molecule is Cc1c(-n2nnnc2SC(C)c2ccc(F)cc2F)c(=O)n(-c2ccccc2)n1C. The number of tetrazole rings is 1. The molecular weight excluding hydrogens is 410 g/mol. The van der Waals surface area contributed by atoms with Gasteiger partial charge in [0.05, 0.1) is 11.4 Å². The molecule has 2 aromatic heterocycles. The molecule has 0 amide bonds. The second kappa shape index (κ2) is 7.86. The molecule has 1 unspecified atom stereocenters. The minimum atomic E-state index is -0.642. The van der Waals surface area contributed by atoms with Crippen LogP contribution in [0.3, 0.4) is 0 Å². The lowest BCUT2D eigenvalue weighted by atomic mass is 10.1. The molecule has 0 saturated heterocycles. The number of hydrogen-bond acceptors (Lipinski definition) is 5. The second-order valence-corrected chi connectivity index (χ2v) is 8.02. The number of nitrogens with zero attached hydrogens (tertiary/aromatic N) is 6. The fourth-order valence-corrected chi connectivity index (χ4v) is 4.19. The molecular formula is C20H18F2N6OS. The van der Waals surface area contributed by atoms with E-state index in [0.717, 1.165) is 6.07 Å². The highest BCUT2D eigenvalue weighted by atomic mass is 32.2. The van der Waals surface area contributed by atoms with Gasteiger partial charge in [-0.1, -0.05) is 36.0 Å². The van der Waals surface area contributed by atoms with Crippen LogP contribution in [0.2, 0.25) is 0 Å². The Morgan fingerprint density at radius 1 is 1.10 bits per heavy atom. The van der Waals surface area contributed by atoms with Gasteiger partial charge in [0.25, 0.3) is 5.56 Å². The highest BCUT2D eigenvalue weighted by Gasteiger charge is 2.24. The van der Waals surface area contributed by atoms with E-state index in [1.54, 1.807) is 25.6 Å². The van der Waals surface area contributed by atoms with Gasteiger partial charge in [-0.3, -0.25) is 9.48 Å². The van der Waals surface area contributed by atoms with E-state index in [2.05, 4.69) is 15.5 Å². The first-order valence-corrected chi connectivity index (χ1v) is 10.0. The highest BCUT2D eigenvalue weighted by molar-refractivity contribution is 7.99. The summed E-state index contributed by atoms with van der Waals surface area (Å²) in [5, 5.41) is 11.6. The number of hydrogen-bond donors (Lipinski definition) is 0. The standard InChI is InChI=1S/C20H18F2N6OS/c1-12-18(19(29)28(26(12)3)15-7-5-4-6-8-15)27-20(23-24-25-27)30-13(2)16-10-9-14(21)11-17(16)22/h4-11,13H,1-3H3. The van der Waals surface area contributed by atoms with Crippen molar-refractivity contribution in [1.82, 2.24) is 29.6 Å². The van der Waals surface area contributed by atoms with Crippen molar-refractivity contribution in [3.05, 3.63) is 81.8 Å². The van der Waals surface area contributed by atoms with Gasteiger partial charge in [0.1, 0.15) is 11.6 Å². The van der Waals surface area contributed by atoms with E-state index in [4.69, 9.17) is 0 Å². The molecule has 2 aromatic carbocycles. The number of halogens is 2. The molecule has 2 heterocycles. The van der Waals surface area contributed by atoms with Gasteiger partial charge in [-0.05, 0) is 42.5 Å². The molecule has 7 nitrogen and oxygen atoms in total. The predicted octanol–water partition coefficient (Wildman–Crippen LogP) is 3.59. The molecule has 0 aliphatic carbocycles. The van der Waals surface area contributed by atoms with E-state index < -0.39 is 16.9 Å².